The Morgan fingerprint density at radius 3 is 2.95 bits per heavy atom. The van der Waals surface area contributed by atoms with Gasteiger partial charge in [0.15, 0.2) is 5.82 Å². The van der Waals surface area contributed by atoms with Crippen LogP contribution >= 0.6 is 0 Å². The summed E-state index contributed by atoms with van der Waals surface area (Å²) < 4.78 is 1.55. The van der Waals surface area contributed by atoms with Gasteiger partial charge in [-0.05, 0) is 36.8 Å². The SMILES string of the molecule is O=C(NC1CC12CCCCC2)c1ccnc(-n2cncn2)c1. The number of nitrogens with zero attached hydrogens (tertiary/aromatic N) is 4. The molecule has 4 rings (SSSR count). The van der Waals surface area contributed by atoms with Crippen LogP contribution in [-0.4, -0.2) is 31.7 Å². The van der Waals surface area contributed by atoms with Crippen molar-refractivity contribution in [2.45, 2.75) is 44.6 Å². The highest BCUT2D eigenvalue weighted by Crippen LogP contribution is 2.56. The number of nitrogens with one attached hydrogen (secondary N) is 1. The van der Waals surface area contributed by atoms with Crippen molar-refractivity contribution in [2.24, 2.45) is 5.41 Å². The molecule has 1 N–H and O–H groups in total. The van der Waals surface area contributed by atoms with Gasteiger partial charge in [0.2, 0.25) is 0 Å². The van der Waals surface area contributed by atoms with Gasteiger partial charge in [-0.15, -0.1) is 0 Å². The second-order valence-electron chi connectivity index (χ2n) is 6.40. The molecule has 2 aromatic rings. The van der Waals surface area contributed by atoms with Gasteiger partial charge in [-0.25, -0.2) is 14.6 Å². The number of hydrogen-bond donors (Lipinski definition) is 1. The summed E-state index contributed by atoms with van der Waals surface area (Å²) in [7, 11) is 0. The monoisotopic (exact) mass is 297 g/mol. The Labute approximate surface area is 129 Å². The van der Waals surface area contributed by atoms with Crippen LogP contribution in [0.4, 0.5) is 0 Å². The van der Waals surface area contributed by atoms with Gasteiger partial charge in [-0.1, -0.05) is 19.3 Å². The van der Waals surface area contributed by atoms with Crippen LogP contribution in [0.25, 0.3) is 5.82 Å². The summed E-state index contributed by atoms with van der Waals surface area (Å²) in [6.45, 7) is 0. The first-order valence-corrected chi connectivity index (χ1v) is 7.89. The molecule has 0 radical (unpaired) electrons. The minimum Gasteiger partial charge on any atom is -0.349 e. The van der Waals surface area contributed by atoms with Crippen molar-refractivity contribution in [1.82, 2.24) is 25.1 Å². The third-order valence-electron chi connectivity index (χ3n) is 5.01. The van der Waals surface area contributed by atoms with Crippen LogP contribution in [0.1, 0.15) is 48.9 Å². The van der Waals surface area contributed by atoms with Gasteiger partial charge in [-0.3, -0.25) is 4.79 Å². The molecule has 0 aliphatic heterocycles. The summed E-state index contributed by atoms with van der Waals surface area (Å²) in [5, 5.41) is 7.23. The van der Waals surface area contributed by atoms with Gasteiger partial charge in [0.25, 0.3) is 5.91 Å². The number of pyridine rings is 1. The molecule has 2 aliphatic rings. The van der Waals surface area contributed by atoms with Crippen molar-refractivity contribution in [1.29, 1.82) is 0 Å². The van der Waals surface area contributed by atoms with Gasteiger partial charge in [0.1, 0.15) is 12.7 Å². The molecule has 2 aliphatic carbocycles. The number of aromatic nitrogens is 4. The number of hydrogen-bond acceptors (Lipinski definition) is 4. The number of carbonyl (C=O) groups excluding carboxylic acids is 1. The molecular formula is C16H19N5O. The first kappa shape index (κ1) is 13.4. The topological polar surface area (TPSA) is 72.7 Å². The van der Waals surface area contributed by atoms with Crippen LogP contribution in [0.3, 0.4) is 0 Å². The molecule has 2 heterocycles. The first-order chi connectivity index (χ1) is 10.8. The van der Waals surface area contributed by atoms with E-state index in [2.05, 4.69) is 20.4 Å². The highest BCUT2D eigenvalue weighted by Gasteiger charge is 2.54. The van der Waals surface area contributed by atoms with E-state index in [1.165, 1.54) is 38.4 Å². The maximum absolute atomic E-state index is 12.5. The molecule has 2 fully saturated rings. The Hall–Kier alpha value is -2.24. The quantitative estimate of drug-likeness (QED) is 0.941. The summed E-state index contributed by atoms with van der Waals surface area (Å²) in [5.74, 6) is 0.588. The Bertz CT molecular complexity index is 676. The normalized spacial score (nSPS) is 22.5. The van der Waals surface area contributed by atoms with Crippen LogP contribution < -0.4 is 5.32 Å². The van der Waals surface area contributed by atoms with Crippen LogP contribution in [-0.2, 0) is 0 Å². The average molecular weight is 297 g/mol. The Morgan fingerprint density at radius 2 is 2.18 bits per heavy atom. The summed E-state index contributed by atoms with van der Waals surface area (Å²) in [6, 6.07) is 3.84. The van der Waals surface area contributed by atoms with Crippen molar-refractivity contribution in [3.05, 3.63) is 36.5 Å². The van der Waals surface area contributed by atoms with E-state index < -0.39 is 0 Å². The molecule has 22 heavy (non-hydrogen) atoms. The molecule has 2 aromatic heterocycles. The van der Waals surface area contributed by atoms with Crippen LogP contribution in [0.5, 0.6) is 0 Å². The van der Waals surface area contributed by atoms with E-state index in [0.717, 1.165) is 6.42 Å². The maximum Gasteiger partial charge on any atom is 0.251 e. The van der Waals surface area contributed by atoms with E-state index in [1.807, 2.05) is 0 Å². The van der Waals surface area contributed by atoms with E-state index in [9.17, 15) is 4.79 Å². The molecule has 1 atom stereocenters. The largest absolute Gasteiger partial charge is 0.349 e. The molecule has 6 nitrogen and oxygen atoms in total. The lowest BCUT2D eigenvalue weighted by molar-refractivity contribution is 0.0942. The number of rotatable bonds is 3. The minimum atomic E-state index is -0.0174. The lowest BCUT2D eigenvalue weighted by Gasteiger charge is -2.22. The van der Waals surface area contributed by atoms with E-state index >= 15 is 0 Å². The smallest absolute Gasteiger partial charge is 0.251 e. The van der Waals surface area contributed by atoms with Crippen molar-refractivity contribution < 1.29 is 4.79 Å². The van der Waals surface area contributed by atoms with Gasteiger partial charge >= 0.3 is 0 Å². The van der Waals surface area contributed by atoms with Gasteiger partial charge in [0.05, 0.1) is 0 Å². The highest BCUT2D eigenvalue weighted by molar-refractivity contribution is 5.95. The molecule has 114 valence electrons. The summed E-state index contributed by atoms with van der Waals surface area (Å²) in [5.41, 5.74) is 1.02. The van der Waals surface area contributed by atoms with Gasteiger partial charge in [0, 0.05) is 17.8 Å². The van der Waals surface area contributed by atoms with Gasteiger partial charge < -0.3 is 5.32 Å². The predicted octanol–water partition coefficient (Wildman–Crippen LogP) is 2.11. The zero-order chi connectivity index (χ0) is 15.0. The fourth-order valence-electron chi connectivity index (χ4n) is 3.61. The minimum absolute atomic E-state index is 0.0174. The average Bonchev–Trinajstić information content (AvgIpc) is 2.99. The lowest BCUT2D eigenvalue weighted by atomic mass is 9.86. The molecule has 6 heteroatoms. The summed E-state index contributed by atoms with van der Waals surface area (Å²) in [6.07, 6.45) is 12.3. The molecule has 0 saturated heterocycles. The molecule has 0 bridgehead atoms. The van der Waals surface area contributed by atoms with E-state index in [-0.39, 0.29) is 5.91 Å². The molecular weight excluding hydrogens is 278 g/mol. The Balaban J connectivity index is 1.46. The third kappa shape index (κ3) is 2.38. The predicted molar refractivity (Wildman–Crippen MR) is 80.5 cm³/mol. The molecule has 1 spiro atoms. The molecule has 2 saturated carbocycles. The van der Waals surface area contributed by atoms with Crippen molar-refractivity contribution in [2.75, 3.05) is 0 Å². The van der Waals surface area contributed by atoms with Crippen LogP contribution in [0, 0.1) is 5.41 Å². The Morgan fingerprint density at radius 1 is 1.32 bits per heavy atom. The number of carbonyl (C=O) groups is 1. The van der Waals surface area contributed by atoms with Crippen molar-refractivity contribution in [3.8, 4) is 5.82 Å². The third-order valence-corrected chi connectivity index (χ3v) is 5.01. The summed E-state index contributed by atoms with van der Waals surface area (Å²) >= 11 is 0. The van der Waals surface area contributed by atoms with E-state index in [1.54, 1.807) is 29.3 Å². The first-order valence-electron chi connectivity index (χ1n) is 7.89. The Kier molecular flexibility index (Phi) is 3.17. The van der Waals surface area contributed by atoms with Crippen molar-refractivity contribution in [3.63, 3.8) is 0 Å². The zero-order valence-electron chi connectivity index (χ0n) is 12.4. The second-order valence-corrected chi connectivity index (χ2v) is 6.40. The number of amides is 1. The molecule has 1 amide bonds. The molecule has 0 aromatic carbocycles. The van der Waals surface area contributed by atoms with Gasteiger partial charge in [-0.2, -0.15) is 5.10 Å². The zero-order valence-corrected chi connectivity index (χ0v) is 12.4. The van der Waals surface area contributed by atoms with Crippen LogP contribution in [0.15, 0.2) is 31.0 Å². The molecule has 1 unspecified atom stereocenters. The van der Waals surface area contributed by atoms with Crippen LogP contribution in [0.2, 0.25) is 0 Å². The maximum atomic E-state index is 12.5. The second kappa shape index (κ2) is 5.19. The fourth-order valence-corrected chi connectivity index (χ4v) is 3.61. The summed E-state index contributed by atoms with van der Waals surface area (Å²) in [4.78, 5) is 20.6. The highest BCUT2D eigenvalue weighted by atomic mass is 16.1. The lowest BCUT2D eigenvalue weighted by Crippen LogP contribution is -2.30. The van der Waals surface area contributed by atoms with Crippen molar-refractivity contribution >= 4 is 5.91 Å². The fraction of sp³-hybridized carbons (Fsp3) is 0.500. The van der Waals surface area contributed by atoms with E-state index in [4.69, 9.17) is 0 Å². The standard InChI is InChI=1S/C16H19N5O/c22-15(20-13-9-16(13)5-2-1-3-6-16)12-4-7-18-14(8-12)21-11-17-10-19-21/h4,7-8,10-11,13H,1-3,5-6,9H2,(H,20,22). The van der Waals surface area contributed by atoms with E-state index in [0.29, 0.717) is 22.8 Å².